The molecular weight excluding hydrogens is 267 g/mol. The smallest absolute Gasteiger partial charge is 0.138 e. The first-order chi connectivity index (χ1) is 10.2. The van der Waals surface area contributed by atoms with E-state index < -0.39 is 0 Å². The Balaban J connectivity index is 2.12. The number of halogens is 1. The number of rotatable bonds is 4. The Kier molecular flexibility index (Phi) is 5.36. The maximum absolute atomic E-state index is 13.3. The number of ether oxygens (including phenoxy) is 1. The molecule has 0 aliphatic heterocycles. The average Bonchev–Trinajstić information content (AvgIpc) is 2.52. The first-order valence-electron chi connectivity index (χ1n) is 6.83. The number of aliphatic hydroxyl groups excluding tert-OH is 1. The van der Waals surface area contributed by atoms with Gasteiger partial charge in [0.25, 0.3) is 0 Å². The van der Waals surface area contributed by atoms with E-state index in [1.54, 1.807) is 6.07 Å². The molecule has 0 bridgehead atoms. The van der Waals surface area contributed by atoms with Crippen molar-refractivity contribution in [1.82, 2.24) is 0 Å². The number of benzene rings is 2. The molecule has 0 heterocycles. The van der Waals surface area contributed by atoms with Crippen LogP contribution in [0.15, 0.2) is 42.5 Å². The van der Waals surface area contributed by atoms with E-state index in [2.05, 4.69) is 30.9 Å². The van der Waals surface area contributed by atoms with E-state index >= 15 is 0 Å². The van der Waals surface area contributed by atoms with Gasteiger partial charge in [0.15, 0.2) is 0 Å². The minimum Gasteiger partial charge on any atom is -0.487 e. The van der Waals surface area contributed by atoms with Gasteiger partial charge in [-0.25, -0.2) is 4.39 Å². The minimum atomic E-state index is -0.374. The van der Waals surface area contributed by atoms with E-state index in [1.165, 1.54) is 17.7 Å². The molecule has 2 nitrogen and oxygen atoms in total. The first-order valence-corrected chi connectivity index (χ1v) is 6.83. The normalized spacial score (nSPS) is 9.86. The zero-order valence-electron chi connectivity index (χ0n) is 11.9. The van der Waals surface area contributed by atoms with Crippen LogP contribution >= 0.6 is 0 Å². The van der Waals surface area contributed by atoms with Gasteiger partial charge in [-0.05, 0) is 29.7 Å². The van der Waals surface area contributed by atoms with Crippen molar-refractivity contribution in [1.29, 1.82) is 0 Å². The molecule has 0 aliphatic rings. The van der Waals surface area contributed by atoms with Crippen LogP contribution in [0.25, 0.3) is 0 Å². The molecule has 1 N–H and O–H groups in total. The summed E-state index contributed by atoms with van der Waals surface area (Å²) in [6.07, 6.45) is 0.992. The quantitative estimate of drug-likeness (QED) is 0.873. The Bertz CT molecular complexity index is 651. The van der Waals surface area contributed by atoms with E-state index in [1.807, 2.05) is 12.1 Å². The summed E-state index contributed by atoms with van der Waals surface area (Å²) < 4.78 is 19.0. The van der Waals surface area contributed by atoms with Crippen LogP contribution in [0.5, 0.6) is 5.75 Å². The highest BCUT2D eigenvalue weighted by Crippen LogP contribution is 2.20. The molecule has 0 fully saturated rings. The van der Waals surface area contributed by atoms with Gasteiger partial charge in [-0.1, -0.05) is 43.0 Å². The topological polar surface area (TPSA) is 29.5 Å². The fraction of sp³-hybridized carbons (Fsp3) is 0.222. The van der Waals surface area contributed by atoms with Crippen molar-refractivity contribution in [2.24, 2.45) is 0 Å². The van der Waals surface area contributed by atoms with Gasteiger partial charge in [0.05, 0.1) is 5.56 Å². The third-order valence-corrected chi connectivity index (χ3v) is 3.07. The van der Waals surface area contributed by atoms with E-state index in [0.29, 0.717) is 17.9 Å². The molecule has 2 aromatic carbocycles. The van der Waals surface area contributed by atoms with Crippen LogP contribution in [0, 0.1) is 17.7 Å². The fourth-order valence-electron chi connectivity index (χ4n) is 1.89. The second-order valence-electron chi connectivity index (χ2n) is 4.56. The summed E-state index contributed by atoms with van der Waals surface area (Å²) in [5.41, 5.74) is 2.84. The summed E-state index contributed by atoms with van der Waals surface area (Å²) in [4.78, 5) is 0. The zero-order chi connectivity index (χ0) is 15.1. The lowest BCUT2D eigenvalue weighted by Gasteiger charge is -2.09. The van der Waals surface area contributed by atoms with Gasteiger partial charge >= 0.3 is 0 Å². The van der Waals surface area contributed by atoms with Crippen molar-refractivity contribution >= 4 is 0 Å². The summed E-state index contributed by atoms with van der Waals surface area (Å²) >= 11 is 0. The molecule has 0 saturated heterocycles. The van der Waals surface area contributed by atoms with Crippen molar-refractivity contribution in [2.45, 2.75) is 20.0 Å². The SMILES string of the molecule is CCc1ccc(COc2cc(F)ccc2C#CCO)cc1. The van der Waals surface area contributed by atoms with Gasteiger partial charge in [-0.15, -0.1) is 0 Å². The van der Waals surface area contributed by atoms with Crippen LogP contribution in [0.3, 0.4) is 0 Å². The molecule has 0 saturated carbocycles. The van der Waals surface area contributed by atoms with Crippen molar-refractivity contribution in [3.05, 3.63) is 65.0 Å². The van der Waals surface area contributed by atoms with Crippen LogP contribution < -0.4 is 4.74 Å². The molecule has 0 radical (unpaired) electrons. The summed E-state index contributed by atoms with van der Waals surface area (Å²) in [6.45, 7) is 2.21. The third kappa shape index (κ3) is 4.34. The number of aryl methyl sites for hydroxylation is 1. The molecule has 21 heavy (non-hydrogen) atoms. The Labute approximate surface area is 124 Å². The van der Waals surface area contributed by atoms with Gasteiger partial charge in [0.1, 0.15) is 24.8 Å². The largest absolute Gasteiger partial charge is 0.487 e. The summed E-state index contributed by atoms with van der Waals surface area (Å²) in [5.74, 6) is 5.30. The highest BCUT2D eigenvalue weighted by Gasteiger charge is 2.04. The highest BCUT2D eigenvalue weighted by molar-refractivity contribution is 5.46. The Morgan fingerprint density at radius 1 is 1.10 bits per heavy atom. The van der Waals surface area contributed by atoms with E-state index in [0.717, 1.165) is 12.0 Å². The van der Waals surface area contributed by atoms with Crippen molar-refractivity contribution in [3.63, 3.8) is 0 Å². The monoisotopic (exact) mass is 284 g/mol. The Morgan fingerprint density at radius 3 is 2.48 bits per heavy atom. The predicted octanol–water partition coefficient (Wildman–Crippen LogP) is 3.31. The predicted molar refractivity (Wildman–Crippen MR) is 80.5 cm³/mol. The molecular formula is C18H17FO2. The van der Waals surface area contributed by atoms with Crippen molar-refractivity contribution < 1.29 is 14.2 Å². The molecule has 0 unspecified atom stereocenters. The number of hydrogen-bond donors (Lipinski definition) is 1. The second-order valence-corrected chi connectivity index (χ2v) is 4.56. The van der Waals surface area contributed by atoms with Gasteiger partial charge in [-0.2, -0.15) is 0 Å². The average molecular weight is 284 g/mol. The van der Waals surface area contributed by atoms with E-state index in [9.17, 15) is 4.39 Å². The molecule has 0 spiro atoms. The lowest BCUT2D eigenvalue weighted by atomic mass is 10.1. The van der Waals surface area contributed by atoms with Gasteiger partial charge < -0.3 is 9.84 Å². The molecule has 0 amide bonds. The summed E-state index contributed by atoms with van der Waals surface area (Å²) in [5, 5.41) is 8.74. The van der Waals surface area contributed by atoms with Crippen molar-refractivity contribution in [2.75, 3.05) is 6.61 Å². The van der Waals surface area contributed by atoms with E-state index in [-0.39, 0.29) is 12.4 Å². The zero-order valence-corrected chi connectivity index (χ0v) is 11.9. The van der Waals surface area contributed by atoms with Gasteiger partial charge in [0.2, 0.25) is 0 Å². The molecule has 3 heteroatoms. The highest BCUT2D eigenvalue weighted by atomic mass is 19.1. The van der Waals surface area contributed by atoms with Crippen molar-refractivity contribution in [3.8, 4) is 17.6 Å². The standard InChI is InChI=1S/C18H17FO2/c1-2-14-5-7-15(8-6-14)13-21-18-12-17(19)10-9-16(18)4-3-11-20/h5-10,12,20H,2,11,13H2,1H3. The van der Waals surface area contributed by atoms with Crippen LogP contribution in [-0.4, -0.2) is 11.7 Å². The molecule has 0 aliphatic carbocycles. The molecule has 2 aromatic rings. The lowest BCUT2D eigenvalue weighted by molar-refractivity contribution is 0.303. The number of aliphatic hydroxyl groups is 1. The summed E-state index contributed by atoms with van der Waals surface area (Å²) in [6, 6.07) is 12.3. The molecule has 108 valence electrons. The second kappa shape index (κ2) is 7.47. The maximum Gasteiger partial charge on any atom is 0.138 e. The van der Waals surface area contributed by atoms with E-state index in [4.69, 9.17) is 9.84 Å². The Hall–Kier alpha value is -2.31. The van der Waals surface area contributed by atoms with Gasteiger partial charge in [0, 0.05) is 6.07 Å². The number of hydrogen-bond acceptors (Lipinski definition) is 2. The van der Waals surface area contributed by atoms with Gasteiger partial charge in [-0.3, -0.25) is 0 Å². The molecule has 2 rings (SSSR count). The maximum atomic E-state index is 13.3. The lowest BCUT2D eigenvalue weighted by Crippen LogP contribution is -1.98. The molecule has 0 atom stereocenters. The van der Waals surface area contributed by atoms with Crippen LogP contribution in [0.2, 0.25) is 0 Å². The third-order valence-electron chi connectivity index (χ3n) is 3.07. The molecule has 0 aromatic heterocycles. The van der Waals surface area contributed by atoms with Crippen LogP contribution in [0.4, 0.5) is 4.39 Å². The Morgan fingerprint density at radius 2 is 1.81 bits per heavy atom. The first kappa shape index (κ1) is 15.1. The van der Waals surface area contributed by atoms with Crippen LogP contribution in [0.1, 0.15) is 23.6 Å². The fourth-order valence-corrected chi connectivity index (χ4v) is 1.89. The minimum absolute atomic E-state index is 0.241. The summed E-state index contributed by atoms with van der Waals surface area (Å²) in [7, 11) is 0. The van der Waals surface area contributed by atoms with Crippen LogP contribution in [-0.2, 0) is 13.0 Å².